The summed E-state index contributed by atoms with van der Waals surface area (Å²) in [5.74, 6) is 2.09. The lowest BCUT2D eigenvalue weighted by molar-refractivity contribution is 0.283. The summed E-state index contributed by atoms with van der Waals surface area (Å²) in [6, 6.07) is 5.65. The van der Waals surface area contributed by atoms with Crippen molar-refractivity contribution in [3.63, 3.8) is 0 Å². The van der Waals surface area contributed by atoms with Crippen LogP contribution in [0.3, 0.4) is 0 Å². The van der Waals surface area contributed by atoms with Crippen molar-refractivity contribution in [3.8, 4) is 11.5 Å². The summed E-state index contributed by atoms with van der Waals surface area (Å²) in [5.41, 5.74) is 1.01. The fraction of sp³-hybridized carbons (Fsp3) is 0.333. The maximum absolute atomic E-state index is 5.65. The summed E-state index contributed by atoms with van der Waals surface area (Å²) >= 11 is 0. The highest BCUT2D eigenvalue weighted by Gasteiger charge is 2.07. The lowest BCUT2D eigenvalue weighted by Gasteiger charge is -2.11. The van der Waals surface area contributed by atoms with Crippen LogP contribution in [0.5, 0.6) is 11.5 Å². The van der Waals surface area contributed by atoms with E-state index in [-0.39, 0.29) is 6.61 Å². The smallest absolute Gasteiger partial charge is 0.213 e. The highest BCUT2D eigenvalue weighted by molar-refractivity contribution is 5.40. The molecule has 1 aromatic heterocycles. The fourth-order valence-corrected chi connectivity index (χ4v) is 1.55. The molecule has 6 nitrogen and oxygen atoms in total. The van der Waals surface area contributed by atoms with Crippen molar-refractivity contribution in [2.75, 3.05) is 14.2 Å². The van der Waals surface area contributed by atoms with E-state index in [0.29, 0.717) is 12.4 Å². The molecule has 6 heteroatoms. The van der Waals surface area contributed by atoms with Crippen LogP contribution in [0.25, 0.3) is 0 Å². The number of nitrogens with zero attached hydrogens (tertiary/aromatic N) is 2. The molecule has 0 atom stereocenters. The van der Waals surface area contributed by atoms with E-state index in [9.17, 15) is 0 Å². The van der Waals surface area contributed by atoms with Gasteiger partial charge in [-0.15, -0.1) is 0 Å². The van der Waals surface area contributed by atoms with Gasteiger partial charge in [-0.2, -0.15) is 4.98 Å². The van der Waals surface area contributed by atoms with Gasteiger partial charge in [0.15, 0.2) is 6.61 Å². The average molecular weight is 249 g/mol. The second-order valence-electron chi connectivity index (χ2n) is 3.64. The summed E-state index contributed by atoms with van der Waals surface area (Å²) in [5, 5.41) is 6.77. The third kappa shape index (κ3) is 2.98. The Kier molecular flexibility index (Phi) is 4.14. The summed E-state index contributed by atoms with van der Waals surface area (Å²) in [6.07, 6.45) is 1.28. The molecular weight excluding hydrogens is 234 g/mol. The van der Waals surface area contributed by atoms with Crippen LogP contribution >= 0.6 is 0 Å². The van der Waals surface area contributed by atoms with Crippen LogP contribution in [0.15, 0.2) is 29.1 Å². The SMILES string of the molecule is CNCc1cc(OC)ccc1OCc1ncon1. The van der Waals surface area contributed by atoms with Gasteiger partial charge in [0, 0.05) is 12.1 Å². The first-order valence-electron chi connectivity index (χ1n) is 5.53. The monoisotopic (exact) mass is 249 g/mol. The second-order valence-corrected chi connectivity index (χ2v) is 3.64. The van der Waals surface area contributed by atoms with Gasteiger partial charge in [-0.1, -0.05) is 5.16 Å². The molecule has 18 heavy (non-hydrogen) atoms. The Morgan fingerprint density at radius 1 is 1.39 bits per heavy atom. The maximum Gasteiger partial charge on any atom is 0.213 e. The molecule has 2 rings (SSSR count). The first-order chi connectivity index (χ1) is 8.83. The van der Waals surface area contributed by atoms with Crippen LogP contribution in [-0.2, 0) is 13.2 Å². The van der Waals surface area contributed by atoms with Crippen LogP contribution in [0.1, 0.15) is 11.4 Å². The molecule has 1 aromatic carbocycles. The number of hydrogen-bond acceptors (Lipinski definition) is 6. The van der Waals surface area contributed by atoms with Gasteiger partial charge in [-0.3, -0.25) is 0 Å². The molecule has 0 aliphatic rings. The van der Waals surface area contributed by atoms with E-state index in [4.69, 9.17) is 9.47 Å². The first-order valence-corrected chi connectivity index (χ1v) is 5.53. The molecule has 0 aliphatic heterocycles. The van der Waals surface area contributed by atoms with E-state index < -0.39 is 0 Å². The minimum atomic E-state index is 0.277. The largest absolute Gasteiger partial charge is 0.497 e. The molecule has 1 N–H and O–H groups in total. The number of rotatable bonds is 6. The molecule has 2 aromatic rings. The van der Waals surface area contributed by atoms with Crippen molar-refractivity contribution in [2.24, 2.45) is 0 Å². The molecule has 0 spiro atoms. The molecule has 96 valence electrons. The Balaban J connectivity index is 2.10. The minimum Gasteiger partial charge on any atom is -0.497 e. The number of ether oxygens (including phenoxy) is 2. The number of methoxy groups -OCH3 is 1. The van der Waals surface area contributed by atoms with Gasteiger partial charge >= 0.3 is 0 Å². The van der Waals surface area contributed by atoms with Crippen molar-refractivity contribution < 1.29 is 14.0 Å². The number of hydrogen-bond donors (Lipinski definition) is 1. The van der Waals surface area contributed by atoms with Gasteiger partial charge in [-0.05, 0) is 25.2 Å². The third-order valence-electron chi connectivity index (χ3n) is 2.40. The van der Waals surface area contributed by atoms with Crippen molar-refractivity contribution in [3.05, 3.63) is 36.0 Å². The van der Waals surface area contributed by atoms with Crippen molar-refractivity contribution >= 4 is 0 Å². The van der Waals surface area contributed by atoms with Gasteiger partial charge in [0.1, 0.15) is 11.5 Å². The van der Waals surface area contributed by atoms with E-state index in [1.807, 2.05) is 25.2 Å². The lowest BCUT2D eigenvalue weighted by atomic mass is 10.2. The second kappa shape index (κ2) is 6.02. The molecule has 0 radical (unpaired) electrons. The minimum absolute atomic E-state index is 0.277. The van der Waals surface area contributed by atoms with Crippen molar-refractivity contribution in [2.45, 2.75) is 13.2 Å². The van der Waals surface area contributed by atoms with E-state index in [1.54, 1.807) is 7.11 Å². The molecule has 0 unspecified atom stereocenters. The third-order valence-corrected chi connectivity index (χ3v) is 2.40. The van der Waals surface area contributed by atoms with E-state index in [1.165, 1.54) is 6.39 Å². The zero-order valence-corrected chi connectivity index (χ0v) is 10.3. The number of benzene rings is 1. The first kappa shape index (κ1) is 12.4. The van der Waals surface area contributed by atoms with Crippen LogP contribution < -0.4 is 14.8 Å². The highest BCUT2D eigenvalue weighted by Crippen LogP contribution is 2.24. The van der Waals surface area contributed by atoms with Gasteiger partial charge < -0.3 is 19.3 Å². The predicted octanol–water partition coefficient (Wildman–Crippen LogP) is 1.38. The molecule has 0 saturated heterocycles. The highest BCUT2D eigenvalue weighted by atomic mass is 16.5. The number of aromatic nitrogens is 2. The van der Waals surface area contributed by atoms with Gasteiger partial charge in [-0.25, -0.2) is 0 Å². The van der Waals surface area contributed by atoms with E-state index >= 15 is 0 Å². The van der Waals surface area contributed by atoms with Crippen molar-refractivity contribution in [1.82, 2.24) is 15.5 Å². The normalized spacial score (nSPS) is 10.3. The van der Waals surface area contributed by atoms with Crippen LogP contribution in [-0.4, -0.2) is 24.3 Å². The summed E-state index contributed by atoms with van der Waals surface area (Å²) < 4.78 is 15.5. The standard InChI is InChI=1S/C12H15N3O3/c1-13-6-9-5-10(16-2)3-4-11(9)17-7-12-14-8-18-15-12/h3-5,8,13H,6-7H2,1-2H3. The summed E-state index contributed by atoms with van der Waals surface area (Å²) in [7, 11) is 3.51. The van der Waals surface area contributed by atoms with Crippen LogP contribution in [0.4, 0.5) is 0 Å². The molecule has 0 saturated carbocycles. The molecule has 0 amide bonds. The van der Waals surface area contributed by atoms with E-state index in [0.717, 1.165) is 17.1 Å². The zero-order chi connectivity index (χ0) is 12.8. The molecule has 0 aliphatic carbocycles. The number of nitrogens with one attached hydrogen (secondary N) is 1. The van der Waals surface area contributed by atoms with Gasteiger partial charge in [0.2, 0.25) is 12.2 Å². The van der Waals surface area contributed by atoms with Gasteiger partial charge in [0.25, 0.3) is 0 Å². The molecule has 1 heterocycles. The lowest BCUT2D eigenvalue weighted by Crippen LogP contribution is -2.08. The van der Waals surface area contributed by atoms with Crippen LogP contribution in [0, 0.1) is 0 Å². The maximum atomic E-state index is 5.65. The van der Waals surface area contributed by atoms with Gasteiger partial charge in [0.05, 0.1) is 7.11 Å². The fourth-order valence-electron chi connectivity index (χ4n) is 1.55. The predicted molar refractivity (Wildman–Crippen MR) is 64.4 cm³/mol. The Morgan fingerprint density at radius 3 is 2.94 bits per heavy atom. The summed E-state index contributed by atoms with van der Waals surface area (Å²) in [6.45, 7) is 0.971. The Bertz CT molecular complexity index is 485. The van der Waals surface area contributed by atoms with Crippen molar-refractivity contribution in [1.29, 1.82) is 0 Å². The van der Waals surface area contributed by atoms with Crippen LogP contribution in [0.2, 0.25) is 0 Å². The topological polar surface area (TPSA) is 69.4 Å². The molecule has 0 fully saturated rings. The van der Waals surface area contributed by atoms with E-state index in [2.05, 4.69) is 20.0 Å². The Labute approximate surface area is 105 Å². The Hall–Kier alpha value is -2.08. The zero-order valence-electron chi connectivity index (χ0n) is 10.3. The quantitative estimate of drug-likeness (QED) is 0.834. The molecular formula is C12H15N3O3. The average Bonchev–Trinajstić information content (AvgIpc) is 2.90. The summed E-state index contributed by atoms with van der Waals surface area (Å²) in [4.78, 5) is 3.90. The molecule has 0 bridgehead atoms. The Morgan fingerprint density at radius 2 is 2.28 bits per heavy atom.